The fourth-order valence-electron chi connectivity index (χ4n) is 3.65. The zero-order chi connectivity index (χ0) is 21.7. The fraction of sp³-hybridized carbons (Fsp3) is 0.381. The molecule has 1 aliphatic heterocycles. The number of carbonyl (C=O) groups is 4. The van der Waals surface area contributed by atoms with Crippen LogP contribution < -0.4 is 5.32 Å². The van der Waals surface area contributed by atoms with Crippen molar-refractivity contribution in [3.8, 4) is 0 Å². The number of hydrogen-bond donors (Lipinski definition) is 2. The molecule has 3 rings (SSSR count). The summed E-state index contributed by atoms with van der Waals surface area (Å²) in [4.78, 5) is 54.4. The van der Waals surface area contributed by atoms with Gasteiger partial charge in [0.2, 0.25) is 5.91 Å². The number of ketones is 1. The van der Waals surface area contributed by atoms with E-state index in [0.717, 1.165) is 5.39 Å². The maximum atomic E-state index is 13.2. The van der Waals surface area contributed by atoms with Gasteiger partial charge in [0.05, 0.1) is 6.42 Å². The monoisotopic (exact) mass is 415 g/mol. The van der Waals surface area contributed by atoms with Gasteiger partial charge in [0.15, 0.2) is 5.78 Å². The maximum Gasteiger partial charge on any atom is 0.305 e. The van der Waals surface area contributed by atoms with Crippen LogP contribution in [0.5, 0.6) is 0 Å². The highest BCUT2D eigenvalue weighted by atomic mass is 19.1. The molecule has 1 aromatic carbocycles. The molecule has 1 saturated heterocycles. The second kappa shape index (κ2) is 9.43. The Kier molecular flexibility index (Phi) is 6.71. The number of pyridine rings is 1. The number of piperidine rings is 1. The minimum Gasteiger partial charge on any atom is -0.481 e. The van der Waals surface area contributed by atoms with E-state index in [9.17, 15) is 23.6 Å². The Balaban J connectivity index is 1.85. The fourth-order valence-corrected chi connectivity index (χ4v) is 3.65. The number of nitrogens with zero attached hydrogens (tertiary/aromatic N) is 2. The molecule has 0 radical (unpaired) electrons. The van der Waals surface area contributed by atoms with Gasteiger partial charge in [-0.15, -0.1) is 0 Å². The van der Waals surface area contributed by atoms with Gasteiger partial charge in [-0.2, -0.15) is 0 Å². The summed E-state index contributed by atoms with van der Waals surface area (Å²) in [5, 5.41) is 12.8. The second-order valence-electron chi connectivity index (χ2n) is 7.15. The number of likely N-dealkylation sites (tertiary alicyclic amines) is 1. The summed E-state index contributed by atoms with van der Waals surface area (Å²) in [6, 6.07) is 6.68. The van der Waals surface area contributed by atoms with Gasteiger partial charge in [0.25, 0.3) is 5.91 Å². The molecule has 1 aliphatic rings. The first-order valence-corrected chi connectivity index (χ1v) is 9.68. The van der Waals surface area contributed by atoms with Gasteiger partial charge in [-0.3, -0.25) is 24.2 Å². The number of amides is 2. The summed E-state index contributed by atoms with van der Waals surface area (Å²) >= 11 is 0. The van der Waals surface area contributed by atoms with Gasteiger partial charge < -0.3 is 15.3 Å². The molecule has 1 aromatic heterocycles. The molecule has 0 spiro atoms. The Morgan fingerprint density at radius 1 is 1.20 bits per heavy atom. The molecular formula is C21H22FN3O5. The number of benzene rings is 1. The molecule has 30 heavy (non-hydrogen) atoms. The van der Waals surface area contributed by atoms with Crippen molar-refractivity contribution in [3.63, 3.8) is 0 Å². The number of aliphatic carboxylic acids is 1. The highest BCUT2D eigenvalue weighted by Crippen LogP contribution is 2.23. The number of Topliss-reactive ketones (excluding diaryl/α,β-unsaturated/α-hetero) is 1. The van der Waals surface area contributed by atoms with E-state index in [2.05, 4.69) is 10.3 Å². The first-order chi connectivity index (χ1) is 14.4. The van der Waals surface area contributed by atoms with E-state index in [0.29, 0.717) is 31.2 Å². The number of fused-ring (bicyclic) bond motifs is 1. The average molecular weight is 415 g/mol. The van der Waals surface area contributed by atoms with Crippen molar-refractivity contribution in [1.82, 2.24) is 15.2 Å². The maximum absolute atomic E-state index is 13.2. The van der Waals surface area contributed by atoms with Crippen LogP contribution in [0.15, 0.2) is 36.5 Å². The lowest BCUT2D eigenvalue weighted by molar-refractivity contribution is -0.140. The molecule has 0 aliphatic carbocycles. The van der Waals surface area contributed by atoms with Gasteiger partial charge in [-0.1, -0.05) is 24.3 Å². The molecule has 2 heterocycles. The summed E-state index contributed by atoms with van der Waals surface area (Å²) in [5.41, 5.74) is 0.217. The summed E-state index contributed by atoms with van der Waals surface area (Å²) < 4.78 is 12.8. The van der Waals surface area contributed by atoms with Gasteiger partial charge in [0, 0.05) is 18.1 Å². The van der Waals surface area contributed by atoms with Crippen LogP contribution in [-0.4, -0.2) is 63.9 Å². The topological polar surface area (TPSA) is 117 Å². The van der Waals surface area contributed by atoms with Crippen molar-refractivity contribution in [3.05, 3.63) is 42.2 Å². The van der Waals surface area contributed by atoms with E-state index < -0.39 is 48.7 Å². The molecule has 1 fully saturated rings. The highest BCUT2D eigenvalue weighted by molar-refractivity contribution is 6.06. The number of carbonyl (C=O) groups excluding carboxylic acids is 3. The van der Waals surface area contributed by atoms with E-state index in [4.69, 9.17) is 5.11 Å². The van der Waals surface area contributed by atoms with Crippen LogP contribution in [0.4, 0.5) is 4.39 Å². The molecule has 158 valence electrons. The Labute approximate surface area is 172 Å². The van der Waals surface area contributed by atoms with Gasteiger partial charge >= 0.3 is 5.97 Å². The van der Waals surface area contributed by atoms with Gasteiger partial charge in [-0.05, 0) is 30.7 Å². The third-order valence-corrected chi connectivity index (χ3v) is 5.16. The Morgan fingerprint density at radius 2 is 1.97 bits per heavy atom. The summed E-state index contributed by atoms with van der Waals surface area (Å²) in [6.45, 7) is -1.06. The standard InChI is InChI=1S/C21H22FN3O5/c22-12-17(26)15(11-18(27)28)24-20(29)16-7-3-4-10-25(16)21(30)19-14-6-2-1-5-13(14)8-9-23-19/h1-2,5-6,8-9,15-16H,3-4,7,10-12H2,(H,24,29)(H,27,28)/t15-,16-/m0/s1. The number of rotatable bonds is 7. The second-order valence-corrected chi connectivity index (χ2v) is 7.15. The molecule has 0 saturated carbocycles. The normalized spacial score (nSPS) is 17.4. The molecule has 2 aromatic rings. The van der Waals surface area contributed by atoms with E-state index in [-0.39, 0.29) is 5.69 Å². The number of carboxylic acid groups (broad SMARTS) is 1. The molecule has 2 N–H and O–H groups in total. The van der Waals surface area contributed by atoms with E-state index in [1.54, 1.807) is 18.2 Å². The lowest BCUT2D eigenvalue weighted by Crippen LogP contribution is -2.55. The zero-order valence-corrected chi connectivity index (χ0v) is 16.2. The SMILES string of the molecule is O=C(O)C[C@H](NC(=O)[C@@H]1CCCCN1C(=O)c1nccc2ccccc12)C(=O)CF. The quantitative estimate of drug-likeness (QED) is 0.711. The first-order valence-electron chi connectivity index (χ1n) is 9.68. The largest absolute Gasteiger partial charge is 0.481 e. The van der Waals surface area contributed by atoms with Crippen molar-refractivity contribution in [2.45, 2.75) is 37.8 Å². The third-order valence-electron chi connectivity index (χ3n) is 5.16. The minimum atomic E-state index is -1.48. The Hall–Kier alpha value is -3.36. The molecule has 0 bridgehead atoms. The van der Waals surface area contributed by atoms with Crippen molar-refractivity contribution in [2.75, 3.05) is 13.2 Å². The summed E-state index contributed by atoms with van der Waals surface area (Å²) in [5.74, 6) is -3.44. The number of halogens is 1. The van der Waals surface area contributed by atoms with Crippen molar-refractivity contribution >= 4 is 34.3 Å². The van der Waals surface area contributed by atoms with E-state index in [1.807, 2.05) is 12.1 Å². The van der Waals surface area contributed by atoms with Crippen LogP contribution in [0.25, 0.3) is 10.8 Å². The molecular weight excluding hydrogens is 393 g/mol. The molecule has 2 amide bonds. The van der Waals surface area contributed by atoms with Crippen LogP contribution in [0, 0.1) is 0 Å². The smallest absolute Gasteiger partial charge is 0.305 e. The average Bonchev–Trinajstić information content (AvgIpc) is 2.76. The zero-order valence-electron chi connectivity index (χ0n) is 16.2. The van der Waals surface area contributed by atoms with Crippen LogP contribution in [0.2, 0.25) is 0 Å². The van der Waals surface area contributed by atoms with E-state index in [1.165, 1.54) is 11.1 Å². The number of hydrogen-bond acceptors (Lipinski definition) is 5. The summed E-state index contributed by atoms with van der Waals surface area (Å²) in [6.07, 6.45) is 2.54. The van der Waals surface area contributed by atoms with Crippen molar-refractivity contribution in [2.24, 2.45) is 0 Å². The number of alkyl halides is 1. The minimum absolute atomic E-state index is 0.217. The van der Waals surface area contributed by atoms with Crippen molar-refractivity contribution in [1.29, 1.82) is 0 Å². The third kappa shape index (κ3) is 4.61. The number of carboxylic acids is 1. The van der Waals surface area contributed by atoms with E-state index >= 15 is 0 Å². The predicted molar refractivity (Wildman–Crippen MR) is 106 cm³/mol. The Morgan fingerprint density at radius 3 is 2.70 bits per heavy atom. The number of aromatic nitrogens is 1. The number of nitrogens with one attached hydrogen (secondary N) is 1. The Bertz CT molecular complexity index is 975. The molecule has 8 nitrogen and oxygen atoms in total. The van der Waals surface area contributed by atoms with Gasteiger partial charge in [-0.25, -0.2) is 4.39 Å². The van der Waals surface area contributed by atoms with Crippen LogP contribution >= 0.6 is 0 Å². The molecule has 0 unspecified atom stereocenters. The first kappa shape index (κ1) is 21.4. The lowest BCUT2D eigenvalue weighted by atomic mass is 9.99. The van der Waals surface area contributed by atoms with Crippen LogP contribution in [-0.2, 0) is 14.4 Å². The van der Waals surface area contributed by atoms with Crippen molar-refractivity contribution < 1.29 is 28.7 Å². The predicted octanol–water partition coefficient (Wildman–Crippen LogP) is 1.73. The molecule has 9 heteroatoms. The highest BCUT2D eigenvalue weighted by Gasteiger charge is 2.35. The van der Waals surface area contributed by atoms with Crippen LogP contribution in [0.1, 0.15) is 36.2 Å². The lowest BCUT2D eigenvalue weighted by Gasteiger charge is -2.35. The van der Waals surface area contributed by atoms with Crippen LogP contribution in [0.3, 0.4) is 0 Å². The summed E-state index contributed by atoms with van der Waals surface area (Å²) in [7, 11) is 0. The molecule has 2 atom stereocenters. The van der Waals surface area contributed by atoms with Gasteiger partial charge in [0.1, 0.15) is 24.5 Å².